The summed E-state index contributed by atoms with van der Waals surface area (Å²) in [5.74, 6) is 0.775. The van der Waals surface area contributed by atoms with E-state index in [0.29, 0.717) is 36.1 Å². The smallest absolute Gasteiger partial charge is 0.244 e. The van der Waals surface area contributed by atoms with Gasteiger partial charge in [-0.05, 0) is 37.1 Å². The molecular weight excluding hydrogens is 356 g/mol. The van der Waals surface area contributed by atoms with Gasteiger partial charge >= 0.3 is 0 Å². The summed E-state index contributed by atoms with van der Waals surface area (Å²) in [5, 5.41) is 4.58. The van der Waals surface area contributed by atoms with Gasteiger partial charge in [0, 0.05) is 44.1 Å². The predicted molar refractivity (Wildman–Crippen MR) is 96.5 cm³/mol. The van der Waals surface area contributed by atoms with Gasteiger partial charge in [0.25, 0.3) is 0 Å². The van der Waals surface area contributed by atoms with Crippen molar-refractivity contribution in [2.75, 3.05) is 20.6 Å². The molecule has 7 nitrogen and oxygen atoms in total. The second kappa shape index (κ2) is 7.86. The third-order valence-corrected chi connectivity index (χ3v) is 4.67. The van der Waals surface area contributed by atoms with Crippen molar-refractivity contribution in [3.63, 3.8) is 0 Å². The number of benzene rings is 1. The second-order valence-electron chi connectivity index (χ2n) is 6.50. The molecule has 2 heterocycles. The van der Waals surface area contributed by atoms with Gasteiger partial charge in [-0.15, -0.1) is 0 Å². The molecule has 8 heteroatoms. The van der Waals surface area contributed by atoms with E-state index in [-0.39, 0.29) is 24.3 Å². The fourth-order valence-corrected chi connectivity index (χ4v) is 3.18. The molecule has 0 saturated carbocycles. The molecule has 1 aliphatic rings. The Kier molecular flexibility index (Phi) is 5.56. The van der Waals surface area contributed by atoms with E-state index in [1.54, 1.807) is 31.1 Å². The fourth-order valence-electron chi connectivity index (χ4n) is 3.05. The van der Waals surface area contributed by atoms with Crippen LogP contribution in [0.25, 0.3) is 11.4 Å². The van der Waals surface area contributed by atoms with Crippen molar-refractivity contribution < 1.29 is 14.1 Å². The van der Waals surface area contributed by atoms with Gasteiger partial charge in [-0.3, -0.25) is 9.59 Å². The molecule has 0 N–H and O–H groups in total. The van der Waals surface area contributed by atoms with Gasteiger partial charge in [0.15, 0.2) is 0 Å². The Bertz CT molecular complexity index is 788. The van der Waals surface area contributed by atoms with Crippen LogP contribution in [0.2, 0.25) is 5.02 Å². The van der Waals surface area contributed by atoms with Crippen LogP contribution in [-0.2, 0) is 16.0 Å². The van der Waals surface area contributed by atoms with E-state index in [4.69, 9.17) is 16.1 Å². The number of carbonyl (C=O) groups is 2. The zero-order valence-corrected chi connectivity index (χ0v) is 15.6. The van der Waals surface area contributed by atoms with Crippen LogP contribution in [0.1, 0.15) is 25.2 Å². The number of hydrogen-bond acceptors (Lipinski definition) is 5. The van der Waals surface area contributed by atoms with E-state index in [1.807, 2.05) is 12.1 Å². The summed E-state index contributed by atoms with van der Waals surface area (Å²) in [4.78, 5) is 32.2. The normalized spacial score (nSPS) is 16.7. The number of hydrogen-bond donors (Lipinski definition) is 0. The Hall–Kier alpha value is -2.41. The lowest BCUT2D eigenvalue weighted by molar-refractivity contribution is -0.142. The summed E-state index contributed by atoms with van der Waals surface area (Å²) < 4.78 is 5.23. The van der Waals surface area contributed by atoms with Crippen LogP contribution in [0.5, 0.6) is 0 Å². The maximum atomic E-state index is 12.5. The van der Waals surface area contributed by atoms with Crippen LogP contribution in [-0.4, -0.2) is 58.4 Å². The van der Waals surface area contributed by atoms with E-state index in [9.17, 15) is 9.59 Å². The minimum Gasteiger partial charge on any atom is -0.347 e. The molecule has 1 unspecified atom stereocenters. The Morgan fingerprint density at radius 3 is 2.73 bits per heavy atom. The third-order valence-electron chi connectivity index (χ3n) is 4.42. The van der Waals surface area contributed by atoms with E-state index in [0.717, 1.165) is 12.0 Å². The number of halogens is 1. The van der Waals surface area contributed by atoms with Crippen LogP contribution in [0.15, 0.2) is 28.8 Å². The van der Waals surface area contributed by atoms with Crippen molar-refractivity contribution in [1.29, 1.82) is 0 Å². The van der Waals surface area contributed by atoms with E-state index in [2.05, 4.69) is 10.1 Å². The van der Waals surface area contributed by atoms with Gasteiger partial charge in [-0.25, -0.2) is 0 Å². The predicted octanol–water partition coefficient (Wildman–Crippen LogP) is 2.40. The second-order valence-corrected chi connectivity index (χ2v) is 6.93. The Morgan fingerprint density at radius 1 is 1.31 bits per heavy atom. The molecule has 2 amide bonds. The molecule has 2 aromatic rings. The number of rotatable bonds is 5. The van der Waals surface area contributed by atoms with Crippen LogP contribution in [0.3, 0.4) is 0 Å². The zero-order chi connectivity index (χ0) is 18.7. The third kappa shape index (κ3) is 4.04. The zero-order valence-electron chi connectivity index (χ0n) is 14.8. The first-order chi connectivity index (χ1) is 12.5. The molecule has 26 heavy (non-hydrogen) atoms. The number of aromatic nitrogens is 2. The molecule has 1 aromatic heterocycles. The Labute approximate surface area is 156 Å². The average molecular weight is 377 g/mol. The minimum atomic E-state index is -0.357. The molecular formula is C18H21ClN4O3. The molecule has 3 rings (SSSR count). The van der Waals surface area contributed by atoms with Crippen molar-refractivity contribution in [2.45, 2.75) is 31.7 Å². The van der Waals surface area contributed by atoms with Crippen LogP contribution in [0, 0.1) is 0 Å². The monoisotopic (exact) mass is 376 g/mol. The van der Waals surface area contributed by atoms with Gasteiger partial charge < -0.3 is 14.3 Å². The van der Waals surface area contributed by atoms with Crippen LogP contribution in [0.4, 0.5) is 0 Å². The van der Waals surface area contributed by atoms with Gasteiger partial charge in [-0.2, -0.15) is 4.98 Å². The maximum Gasteiger partial charge on any atom is 0.244 e. The lowest BCUT2D eigenvalue weighted by atomic mass is 10.2. The fraction of sp³-hybridized carbons (Fsp3) is 0.444. The average Bonchev–Trinajstić information content (AvgIpc) is 3.29. The standard InChI is InChI=1S/C18H21ClN4O3/c1-22(2)18(25)14-4-3-11-23(14)16(24)10-9-15-20-17(21-26-15)12-5-7-13(19)8-6-12/h5-8,14H,3-4,9-11H2,1-2H3. The maximum absolute atomic E-state index is 12.5. The molecule has 1 fully saturated rings. The first kappa shape index (κ1) is 18.4. The molecule has 1 aromatic carbocycles. The van der Waals surface area contributed by atoms with Gasteiger partial charge in [0.05, 0.1) is 0 Å². The molecule has 0 aliphatic carbocycles. The molecule has 0 radical (unpaired) electrons. The summed E-state index contributed by atoms with van der Waals surface area (Å²) >= 11 is 5.87. The molecule has 138 valence electrons. The van der Waals surface area contributed by atoms with Crippen LogP contribution >= 0.6 is 11.6 Å². The summed E-state index contributed by atoms with van der Waals surface area (Å²) in [6.07, 6.45) is 2.14. The molecule has 1 aliphatic heterocycles. The largest absolute Gasteiger partial charge is 0.347 e. The number of carbonyl (C=O) groups excluding carboxylic acids is 2. The summed E-state index contributed by atoms with van der Waals surface area (Å²) in [6.45, 7) is 0.614. The Morgan fingerprint density at radius 2 is 2.04 bits per heavy atom. The highest BCUT2D eigenvalue weighted by molar-refractivity contribution is 6.30. The highest BCUT2D eigenvalue weighted by atomic mass is 35.5. The lowest BCUT2D eigenvalue weighted by Crippen LogP contribution is -2.45. The van der Waals surface area contributed by atoms with E-state index >= 15 is 0 Å². The minimum absolute atomic E-state index is 0.0290. The molecule has 0 spiro atoms. The highest BCUT2D eigenvalue weighted by Crippen LogP contribution is 2.21. The first-order valence-corrected chi connectivity index (χ1v) is 8.92. The number of likely N-dealkylation sites (N-methyl/N-ethyl adjacent to an activating group) is 1. The van der Waals surface area contributed by atoms with Crippen molar-refractivity contribution in [2.24, 2.45) is 0 Å². The van der Waals surface area contributed by atoms with Crippen molar-refractivity contribution in [1.82, 2.24) is 19.9 Å². The molecule has 1 saturated heterocycles. The number of nitrogens with zero attached hydrogens (tertiary/aromatic N) is 4. The lowest BCUT2D eigenvalue weighted by Gasteiger charge is -2.26. The van der Waals surface area contributed by atoms with E-state index in [1.165, 1.54) is 4.90 Å². The van der Waals surface area contributed by atoms with Crippen molar-refractivity contribution in [3.8, 4) is 11.4 Å². The summed E-state index contributed by atoms with van der Waals surface area (Å²) in [6, 6.07) is 6.77. The van der Waals surface area contributed by atoms with Crippen molar-refractivity contribution in [3.05, 3.63) is 35.2 Å². The first-order valence-electron chi connectivity index (χ1n) is 8.55. The number of aryl methyl sites for hydroxylation is 1. The molecule has 1 atom stereocenters. The number of likely N-dealkylation sites (tertiary alicyclic amines) is 1. The van der Waals surface area contributed by atoms with Gasteiger partial charge in [0.1, 0.15) is 6.04 Å². The quantitative estimate of drug-likeness (QED) is 0.800. The SMILES string of the molecule is CN(C)C(=O)C1CCCN1C(=O)CCc1nc(-c2ccc(Cl)cc2)no1. The summed E-state index contributed by atoms with van der Waals surface area (Å²) in [5.41, 5.74) is 0.798. The van der Waals surface area contributed by atoms with Crippen LogP contribution < -0.4 is 0 Å². The number of amides is 2. The van der Waals surface area contributed by atoms with Gasteiger partial charge in [-0.1, -0.05) is 16.8 Å². The van der Waals surface area contributed by atoms with E-state index < -0.39 is 0 Å². The summed E-state index contributed by atoms with van der Waals surface area (Å²) in [7, 11) is 3.42. The van der Waals surface area contributed by atoms with Gasteiger partial charge in [0.2, 0.25) is 23.5 Å². The topological polar surface area (TPSA) is 79.5 Å². The highest BCUT2D eigenvalue weighted by Gasteiger charge is 2.34. The Balaban J connectivity index is 1.59. The molecule has 0 bridgehead atoms. The van der Waals surface area contributed by atoms with Crippen molar-refractivity contribution >= 4 is 23.4 Å².